The Morgan fingerprint density at radius 3 is 2.30 bits per heavy atom. The maximum atomic E-state index is 12.9. The van der Waals surface area contributed by atoms with Crippen molar-refractivity contribution < 1.29 is 22.7 Å². The number of benzene rings is 3. The highest BCUT2D eigenvalue weighted by Crippen LogP contribution is 2.34. The third kappa shape index (κ3) is 6.75. The molecule has 0 aliphatic heterocycles. The normalized spacial score (nSPS) is 11.6. The molecule has 33 heavy (non-hydrogen) atoms. The Kier molecular flexibility index (Phi) is 7.64. The number of carbonyl (C=O) groups is 1. The van der Waals surface area contributed by atoms with Crippen LogP contribution in [0.4, 0.5) is 18.9 Å². The minimum atomic E-state index is -4.60. The van der Waals surface area contributed by atoms with Gasteiger partial charge in [0.25, 0.3) is 5.91 Å². The molecule has 0 spiro atoms. The van der Waals surface area contributed by atoms with Crippen LogP contribution in [0.3, 0.4) is 0 Å². The van der Waals surface area contributed by atoms with Crippen molar-refractivity contribution in [2.45, 2.75) is 12.8 Å². The molecule has 1 amide bonds. The molecule has 0 fully saturated rings. The lowest BCUT2D eigenvalue weighted by atomic mass is 10.1. The van der Waals surface area contributed by atoms with Crippen LogP contribution in [0.2, 0.25) is 10.0 Å². The van der Waals surface area contributed by atoms with E-state index in [9.17, 15) is 23.2 Å². The molecule has 9 heteroatoms. The predicted octanol–water partition coefficient (Wildman–Crippen LogP) is 7.14. The molecule has 0 saturated heterocycles. The lowest BCUT2D eigenvalue weighted by Gasteiger charge is -2.11. The van der Waals surface area contributed by atoms with E-state index in [2.05, 4.69) is 5.32 Å². The van der Waals surface area contributed by atoms with Gasteiger partial charge >= 0.3 is 6.18 Å². The summed E-state index contributed by atoms with van der Waals surface area (Å²) >= 11 is 11.7. The third-order valence-electron chi connectivity index (χ3n) is 4.42. The average Bonchev–Trinajstić information content (AvgIpc) is 2.78. The highest BCUT2D eigenvalue weighted by molar-refractivity contribution is 6.34. The summed E-state index contributed by atoms with van der Waals surface area (Å²) < 4.78 is 44.4. The molecule has 3 rings (SSSR count). The molecule has 168 valence electrons. The Labute approximate surface area is 197 Å². The van der Waals surface area contributed by atoms with Crippen LogP contribution < -0.4 is 10.1 Å². The van der Waals surface area contributed by atoms with Crippen LogP contribution in [0.15, 0.2) is 72.3 Å². The van der Waals surface area contributed by atoms with Crippen LogP contribution in [0.25, 0.3) is 6.08 Å². The number of ether oxygens (including phenoxy) is 1. The number of rotatable bonds is 6. The third-order valence-corrected chi connectivity index (χ3v) is 5.00. The second-order valence-electron chi connectivity index (χ2n) is 6.80. The topological polar surface area (TPSA) is 62.1 Å². The van der Waals surface area contributed by atoms with Gasteiger partial charge in [-0.15, -0.1) is 0 Å². The van der Waals surface area contributed by atoms with E-state index in [-0.39, 0.29) is 16.3 Å². The SMILES string of the molecule is N#C/C(=C\c1ccc(OCc2ccc(Cl)cc2)cc1)C(=O)Nc1cc(C(F)(F)F)ccc1Cl. The molecule has 0 bridgehead atoms. The molecule has 0 radical (unpaired) electrons. The Hall–Kier alpha value is -3.47. The number of nitriles is 1. The van der Waals surface area contributed by atoms with Crippen LogP contribution in [0.1, 0.15) is 16.7 Å². The van der Waals surface area contributed by atoms with Crippen molar-refractivity contribution in [2.75, 3.05) is 5.32 Å². The van der Waals surface area contributed by atoms with Crippen LogP contribution in [-0.4, -0.2) is 5.91 Å². The molecule has 4 nitrogen and oxygen atoms in total. The van der Waals surface area contributed by atoms with Crippen molar-refractivity contribution >= 4 is 40.9 Å². The highest BCUT2D eigenvalue weighted by Gasteiger charge is 2.31. The maximum absolute atomic E-state index is 12.9. The van der Waals surface area contributed by atoms with E-state index in [4.69, 9.17) is 27.9 Å². The second kappa shape index (κ2) is 10.4. The Morgan fingerprint density at radius 1 is 1.03 bits per heavy atom. The van der Waals surface area contributed by atoms with Gasteiger partial charge in [-0.05, 0) is 59.7 Å². The standard InChI is InChI=1S/C24H15Cl2F3N2O2/c25-19-6-1-16(2-7-19)14-33-20-8-3-15(4-9-20)11-17(13-30)23(32)31-22-12-18(24(27,28)29)5-10-21(22)26/h1-12H,14H2,(H,31,32)/b17-11+. The van der Waals surface area contributed by atoms with Crippen LogP contribution in [0.5, 0.6) is 5.75 Å². The predicted molar refractivity (Wildman–Crippen MR) is 121 cm³/mol. The number of nitrogens with one attached hydrogen (secondary N) is 1. The van der Waals surface area contributed by atoms with Crippen LogP contribution >= 0.6 is 23.2 Å². The van der Waals surface area contributed by atoms with Gasteiger partial charge in [-0.25, -0.2) is 0 Å². The zero-order valence-corrected chi connectivity index (χ0v) is 18.3. The molecule has 1 N–H and O–H groups in total. The van der Waals surface area contributed by atoms with Gasteiger partial charge in [0.05, 0.1) is 16.3 Å². The van der Waals surface area contributed by atoms with Gasteiger partial charge in [0.15, 0.2) is 0 Å². The fourth-order valence-corrected chi connectivity index (χ4v) is 3.00. The van der Waals surface area contributed by atoms with Crippen molar-refractivity contribution in [2.24, 2.45) is 0 Å². The van der Waals surface area contributed by atoms with E-state index >= 15 is 0 Å². The Balaban J connectivity index is 1.69. The quantitative estimate of drug-likeness (QED) is 0.295. The van der Waals surface area contributed by atoms with E-state index in [0.717, 1.165) is 17.7 Å². The number of carbonyl (C=O) groups excluding carboxylic acids is 1. The zero-order chi connectivity index (χ0) is 24.0. The summed E-state index contributed by atoms with van der Waals surface area (Å²) in [6, 6.07) is 18.1. The number of amides is 1. The molecule has 0 aliphatic rings. The van der Waals surface area contributed by atoms with E-state index in [0.29, 0.717) is 29.0 Å². The van der Waals surface area contributed by atoms with Crippen molar-refractivity contribution in [1.29, 1.82) is 5.26 Å². The number of anilines is 1. The van der Waals surface area contributed by atoms with E-state index in [1.54, 1.807) is 42.5 Å². The number of hydrogen-bond donors (Lipinski definition) is 1. The maximum Gasteiger partial charge on any atom is 0.416 e. The molecule has 0 atom stereocenters. The number of halogens is 5. The van der Waals surface area contributed by atoms with Gasteiger partial charge < -0.3 is 10.1 Å². The molecular formula is C24H15Cl2F3N2O2. The van der Waals surface area contributed by atoms with E-state index < -0.39 is 17.6 Å². The summed E-state index contributed by atoms with van der Waals surface area (Å²) in [7, 11) is 0. The largest absolute Gasteiger partial charge is 0.489 e. The fourth-order valence-electron chi connectivity index (χ4n) is 2.71. The summed E-state index contributed by atoms with van der Waals surface area (Å²) in [6.45, 7) is 0.329. The molecule has 3 aromatic carbocycles. The molecular weight excluding hydrogens is 476 g/mol. The molecule has 0 saturated carbocycles. The van der Waals surface area contributed by atoms with Crippen LogP contribution in [-0.2, 0) is 17.6 Å². The zero-order valence-electron chi connectivity index (χ0n) is 16.8. The van der Waals surface area contributed by atoms with Crippen LogP contribution in [0, 0.1) is 11.3 Å². The first-order chi connectivity index (χ1) is 15.7. The monoisotopic (exact) mass is 490 g/mol. The molecule has 0 aromatic heterocycles. The van der Waals surface area contributed by atoms with Crippen molar-refractivity contribution in [3.63, 3.8) is 0 Å². The summed E-state index contributed by atoms with van der Waals surface area (Å²) in [5.74, 6) is -0.317. The summed E-state index contributed by atoms with van der Waals surface area (Å²) in [5, 5.41) is 12.1. The number of nitrogens with zero attached hydrogens (tertiary/aromatic N) is 1. The molecule has 3 aromatic rings. The van der Waals surface area contributed by atoms with Gasteiger partial charge in [-0.3, -0.25) is 4.79 Å². The van der Waals surface area contributed by atoms with Crippen molar-refractivity contribution in [1.82, 2.24) is 0 Å². The smallest absolute Gasteiger partial charge is 0.416 e. The molecule has 0 heterocycles. The van der Waals surface area contributed by atoms with E-state index in [1.807, 2.05) is 12.1 Å². The van der Waals surface area contributed by atoms with E-state index in [1.165, 1.54) is 6.08 Å². The fraction of sp³-hybridized carbons (Fsp3) is 0.0833. The van der Waals surface area contributed by atoms with Crippen molar-refractivity contribution in [3.8, 4) is 11.8 Å². The van der Waals surface area contributed by atoms with Gasteiger partial charge in [0, 0.05) is 5.02 Å². The summed E-state index contributed by atoms with van der Waals surface area (Å²) in [5.41, 5.74) is -0.0727. The Bertz CT molecular complexity index is 1220. The number of alkyl halides is 3. The van der Waals surface area contributed by atoms with Gasteiger partial charge in [0.2, 0.25) is 0 Å². The molecule has 0 unspecified atom stereocenters. The van der Waals surface area contributed by atoms with Gasteiger partial charge in [0.1, 0.15) is 24.0 Å². The minimum absolute atomic E-state index is 0.0872. The number of hydrogen-bond acceptors (Lipinski definition) is 3. The highest BCUT2D eigenvalue weighted by atomic mass is 35.5. The first kappa shape index (κ1) is 24.2. The van der Waals surface area contributed by atoms with Crippen molar-refractivity contribution in [3.05, 3.63) is 99.0 Å². The summed E-state index contributed by atoms with van der Waals surface area (Å²) in [4.78, 5) is 12.4. The average molecular weight is 491 g/mol. The second-order valence-corrected chi connectivity index (χ2v) is 7.64. The summed E-state index contributed by atoms with van der Waals surface area (Å²) in [6.07, 6.45) is -3.30. The minimum Gasteiger partial charge on any atom is -0.489 e. The van der Waals surface area contributed by atoms with Gasteiger partial charge in [-0.1, -0.05) is 47.5 Å². The Morgan fingerprint density at radius 2 is 1.70 bits per heavy atom. The van der Waals surface area contributed by atoms with Gasteiger partial charge in [-0.2, -0.15) is 18.4 Å². The lowest BCUT2D eigenvalue weighted by molar-refractivity contribution is -0.137. The first-order valence-electron chi connectivity index (χ1n) is 9.43. The first-order valence-corrected chi connectivity index (χ1v) is 10.2. The molecule has 0 aliphatic carbocycles. The lowest BCUT2D eigenvalue weighted by Crippen LogP contribution is -2.15.